The molecule has 0 spiro atoms. The molecule has 0 saturated carbocycles. The standard InChI is InChI=1S/C12H9ClF3N3O2S/c1-2-22(20,21)9-5-7(12(14,15)16)6-17-11(9)8-3-4-10(13)19-18-8/h3-6H,2H2,1H3. The van der Waals surface area contributed by atoms with Crippen LogP contribution in [0.3, 0.4) is 0 Å². The summed E-state index contributed by atoms with van der Waals surface area (Å²) in [7, 11) is -3.93. The van der Waals surface area contributed by atoms with Gasteiger partial charge in [-0.2, -0.15) is 13.2 Å². The number of halogens is 4. The van der Waals surface area contributed by atoms with Crippen LogP contribution in [0.5, 0.6) is 0 Å². The fourth-order valence-corrected chi connectivity index (χ4v) is 2.80. The number of hydrogen-bond acceptors (Lipinski definition) is 5. The van der Waals surface area contributed by atoms with Crippen LogP contribution in [-0.4, -0.2) is 29.4 Å². The largest absolute Gasteiger partial charge is 0.417 e. The molecule has 2 aromatic heterocycles. The molecule has 0 radical (unpaired) electrons. The highest BCUT2D eigenvalue weighted by Gasteiger charge is 2.33. The highest BCUT2D eigenvalue weighted by Crippen LogP contribution is 2.33. The molecule has 0 bridgehead atoms. The third kappa shape index (κ3) is 3.36. The molecule has 0 atom stereocenters. The maximum Gasteiger partial charge on any atom is 0.417 e. The molecule has 5 nitrogen and oxygen atoms in total. The molecule has 2 heterocycles. The van der Waals surface area contributed by atoms with Gasteiger partial charge in [0.15, 0.2) is 15.0 Å². The third-order valence-electron chi connectivity index (χ3n) is 2.77. The number of sulfone groups is 1. The summed E-state index contributed by atoms with van der Waals surface area (Å²) < 4.78 is 62.4. The second-order valence-electron chi connectivity index (χ2n) is 4.21. The van der Waals surface area contributed by atoms with Crippen molar-refractivity contribution in [3.63, 3.8) is 0 Å². The fourth-order valence-electron chi connectivity index (χ4n) is 1.63. The molecular weight excluding hydrogens is 343 g/mol. The predicted molar refractivity (Wildman–Crippen MR) is 73.0 cm³/mol. The van der Waals surface area contributed by atoms with Gasteiger partial charge in [0.2, 0.25) is 0 Å². The van der Waals surface area contributed by atoms with Gasteiger partial charge >= 0.3 is 6.18 Å². The van der Waals surface area contributed by atoms with E-state index in [-0.39, 0.29) is 22.3 Å². The van der Waals surface area contributed by atoms with Crippen LogP contribution in [0.15, 0.2) is 29.3 Å². The second-order valence-corrected chi connectivity index (χ2v) is 6.85. The molecule has 0 aliphatic rings. The molecule has 22 heavy (non-hydrogen) atoms. The zero-order chi connectivity index (χ0) is 16.5. The summed E-state index contributed by atoms with van der Waals surface area (Å²) in [6.45, 7) is 1.33. The van der Waals surface area contributed by atoms with Gasteiger partial charge in [0.1, 0.15) is 11.4 Å². The highest BCUT2D eigenvalue weighted by atomic mass is 35.5. The van der Waals surface area contributed by atoms with Crippen molar-refractivity contribution >= 4 is 21.4 Å². The molecule has 10 heteroatoms. The van der Waals surface area contributed by atoms with Crippen LogP contribution in [0.4, 0.5) is 13.2 Å². The quantitative estimate of drug-likeness (QED) is 0.850. The van der Waals surface area contributed by atoms with Gasteiger partial charge < -0.3 is 0 Å². The number of aromatic nitrogens is 3. The molecule has 0 N–H and O–H groups in total. The summed E-state index contributed by atoms with van der Waals surface area (Å²) in [6, 6.07) is 3.22. The molecule has 0 saturated heterocycles. The van der Waals surface area contributed by atoms with Crippen molar-refractivity contribution in [1.29, 1.82) is 0 Å². The minimum Gasteiger partial charge on any atom is -0.253 e. The van der Waals surface area contributed by atoms with Crippen molar-refractivity contribution in [3.05, 3.63) is 35.1 Å². The van der Waals surface area contributed by atoms with E-state index >= 15 is 0 Å². The van der Waals surface area contributed by atoms with Crippen LogP contribution in [0.25, 0.3) is 11.4 Å². The monoisotopic (exact) mass is 351 g/mol. The molecular formula is C12H9ClF3N3O2S. The normalized spacial score (nSPS) is 12.4. The van der Waals surface area contributed by atoms with Crippen molar-refractivity contribution in [3.8, 4) is 11.4 Å². The number of nitrogens with zero attached hydrogens (tertiary/aromatic N) is 3. The van der Waals surface area contributed by atoms with Crippen molar-refractivity contribution < 1.29 is 21.6 Å². The van der Waals surface area contributed by atoms with Gasteiger partial charge in [-0.25, -0.2) is 8.42 Å². The summed E-state index contributed by atoms with van der Waals surface area (Å²) in [4.78, 5) is 3.07. The smallest absolute Gasteiger partial charge is 0.253 e. The topological polar surface area (TPSA) is 72.8 Å². The average molecular weight is 352 g/mol. The van der Waals surface area contributed by atoms with Crippen LogP contribution < -0.4 is 0 Å². The Morgan fingerprint density at radius 2 is 1.91 bits per heavy atom. The van der Waals surface area contributed by atoms with Gasteiger partial charge in [-0.15, -0.1) is 10.2 Å². The molecule has 0 amide bonds. The Hall–Kier alpha value is -1.74. The maximum atomic E-state index is 12.8. The van der Waals surface area contributed by atoms with Crippen LogP contribution in [0.1, 0.15) is 12.5 Å². The molecule has 0 aliphatic heterocycles. The highest BCUT2D eigenvalue weighted by molar-refractivity contribution is 7.91. The number of pyridine rings is 1. The van der Waals surface area contributed by atoms with E-state index in [4.69, 9.17) is 11.6 Å². The van der Waals surface area contributed by atoms with Crippen LogP contribution in [-0.2, 0) is 16.0 Å². The summed E-state index contributed by atoms with van der Waals surface area (Å²) in [5.41, 5.74) is -1.32. The van der Waals surface area contributed by atoms with Gasteiger partial charge in [-0.05, 0) is 18.2 Å². The third-order valence-corrected chi connectivity index (χ3v) is 4.71. The second kappa shape index (κ2) is 5.81. The van der Waals surface area contributed by atoms with E-state index in [1.54, 1.807) is 0 Å². The molecule has 2 rings (SSSR count). The van der Waals surface area contributed by atoms with E-state index in [0.29, 0.717) is 12.3 Å². The Kier molecular flexibility index (Phi) is 4.39. The molecule has 0 aliphatic carbocycles. The number of alkyl halides is 3. The minimum atomic E-state index is -4.70. The van der Waals surface area contributed by atoms with E-state index in [0.717, 1.165) is 0 Å². The van der Waals surface area contributed by atoms with E-state index in [1.807, 2.05) is 0 Å². The lowest BCUT2D eigenvalue weighted by Gasteiger charge is -2.12. The van der Waals surface area contributed by atoms with Gasteiger partial charge in [-0.1, -0.05) is 18.5 Å². The van der Waals surface area contributed by atoms with Crippen molar-refractivity contribution in [1.82, 2.24) is 15.2 Å². The van der Waals surface area contributed by atoms with E-state index in [9.17, 15) is 21.6 Å². The lowest BCUT2D eigenvalue weighted by Crippen LogP contribution is -2.12. The first kappa shape index (κ1) is 16.6. The Balaban J connectivity index is 2.71. The number of hydrogen-bond donors (Lipinski definition) is 0. The van der Waals surface area contributed by atoms with Gasteiger partial charge in [0, 0.05) is 6.20 Å². The Morgan fingerprint density at radius 3 is 2.41 bits per heavy atom. The first-order chi connectivity index (χ1) is 10.1. The lowest BCUT2D eigenvalue weighted by molar-refractivity contribution is -0.138. The van der Waals surface area contributed by atoms with Gasteiger partial charge in [-0.3, -0.25) is 4.98 Å². The summed E-state index contributed by atoms with van der Waals surface area (Å²) >= 11 is 5.58. The Morgan fingerprint density at radius 1 is 1.23 bits per heavy atom. The van der Waals surface area contributed by atoms with Crippen LogP contribution in [0, 0.1) is 0 Å². The molecule has 118 valence electrons. The zero-order valence-electron chi connectivity index (χ0n) is 11.1. The predicted octanol–water partition coefficient (Wildman–Crippen LogP) is 3.00. The fraction of sp³-hybridized carbons (Fsp3) is 0.250. The van der Waals surface area contributed by atoms with Gasteiger partial charge in [0.25, 0.3) is 0 Å². The minimum absolute atomic E-state index is 0.0187. The SMILES string of the molecule is CCS(=O)(=O)c1cc(C(F)(F)F)cnc1-c1ccc(Cl)nn1. The van der Waals surface area contributed by atoms with Gasteiger partial charge in [0.05, 0.1) is 16.2 Å². The first-order valence-electron chi connectivity index (χ1n) is 5.94. The summed E-state index contributed by atoms with van der Waals surface area (Å²) in [6.07, 6.45) is -4.14. The van der Waals surface area contributed by atoms with Crippen molar-refractivity contribution in [2.45, 2.75) is 18.0 Å². The molecule has 0 aromatic carbocycles. The van der Waals surface area contributed by atoms with Crippen LogP contribution in [0.2, 0.25) is 5.15 Å². The Bertz CT molecular complexity index is 792. The summed E-state index contributed by atoms with van der Waals surface area (Å²) in [5, 5.41) is 7.26. The van der Waals surface area contributed by atoms with E-state index in [2.05, 4.69) is 15.2 Å². The summed E-state index contributed by atoms with van der Waals surface area (Å²) in [5.74, 6) is -0.371. The maximum absolute atomic E-state index is 12.8. The van der Waals surface area contributed by atoms with Crippen molar-refractivity contribution in [2.24, 2.45) is 0 Å². The first-order valence-corrected chi connectivity index (χ1v) is 7.98. The van der Waals surface area contributed by atoms with Crippen molar-refractivity contribution in [2.75, 3.05) is 5.75 Å². The number of rotatable bonds is 3. The van der Waals surface area contributed by atoms with Crippen LogP contribution >= 0.6 is 11.6 Å². The molecule has 2 aromatic rings. The molecule has 0 fully saturated rings. The van der Waals surface area contributed by atoms with E-state index in [1.165, 1.54) is 19.1 Å². The lowest BCUT2D eigenvalue weighted by atomic mass is 10.2. The zero-order valence-corrected chi connectivity index (χ0v) is 12.7. The average Bonchev–Trinajstić information content (AvgIpc) is 2.46. The molecule has 0 unspecified atom stereocenters. The van der Waals surface area contributed by atoms with E-state index < -0.39 is 26.5 Å². The Labute approximate surface area is 129 Å².